The van der Waals surface area contributed by atoms with E-state index in [0.717, 1.165) is 43.1 Å². The van der Waals surface area contributed by atoms with Crippen molar-refractivity contribution < 1.29 is 9.26 Å². The van der Waals surface area contributed by atoms with Gasteiger partial charge in [-0.2, -0.15) is 4.98 Å². The van der Waals surface area contributed by atoms with Crippen molar-refractivity contribution in [2.24, 2.45) is 0 Å². The highest BCUT2D eigenvalue weighted by atomic mass is 35.5. The number of aromatic nitrogens is 2. The molecule has 1 aliphatic rings. The first-order valence-electron chi connectivity index (χ1n) is 6.55. The molecule has 5 nitrogen and oxygen atoms in total. The lowest BCUT2D eigenvalue weighted by atomic mass is 9.99. The van der Waals surface area contributed by atoms with E-state index in [1.165, 1.54) is 0 Å². The lowest BCUT2D eigenvalue weighted by Crippen LogP contribution is -2.28. The second kappa shape index (κ2) is 6.72. The Labute approximate surface area is 124 Å². The maximum atomic E-state index is 5.35. The number of piperidine rings is 1. The van der Waals surface area contributed by atoms with Gasteiger partial charge < -0.3 is 14.6 Å². The molecule has 1 aliphatic heterocycles. The van der Waals surface area contributed by atoms with Crippen LogP contribution in [0.3, 0.4) is 0 Å². The van der Waals surface area contributed by atoms with Gasteiger partial charge in [0.2, 0.25) is 0 Å². The van der Waals surface area contributed by atoms with E-state index >= 15 is 0 Å². The molecule has 1 atom stereocenters. The monoisotopic (exact) mass is 295 g/mol. The zero-order valence-electron chi connectivity index (χ0n) is 11.3. The molecule has 1 aromatic carbocycles. The molecule has 1 aromatic heterocycles. The zero-order valence-corrected chi connectivity index (χ0v) is 12.2. The van der Waals surface area contributed by atoms with Gasteiger partial charge >= 0.3 is 0 Å². The van der Waals surface area contributed by atoms with E-state index in [9.17, 15) is 0 Å². The summed E-state index contributed by atoms with van der Waals surface area (Å²) in [5.74, 6) is 2.56. The van der Waals surface area contributed by atoms with Gasteiger partial charge in [0.05, 0.1) is 7.11 Å². The van der Waals surface area contributed by atoms with E-state index in [-0.39, 0.29) is 12.4 Å². The number of benzene rings is 1. The second-order valence-electron chi connectivity index (χ2n) is 4.73. The predicted octanol–water partition coefficient (Wildman–Crippen LogP) is 2.63. The molecule has 0 saturated carbocycles. The van der Waals surface area contributed by atoms with E-state index in [0.29, 0.717) is 11.8 Å². The highest BCUT2D eigenvalue weighted by molar-refractivity contribution is 5.85. The third-order valence-electron chi connectivity index (χ3n) is 3.44. The molecule has 2 heterocycles. The Kier molecular flexibility index (Phi) is 4.98. The predicted molar refractivity (Wildman–Crippen MR) is 78.4 cm³/mol. The summed E-state index contributed by atoms with van der Waals surface area (Å²) in [4.78, 5) is 4.50. The molecule has 2 aromatic rings. The third-order valence-corrected chi connectivity index (χ3v) is 3.44. The van der Waals surface area contributed by atoms with Crippen LogP contribution in [-0.4, -0.2) is 30.3 Å². The summed E-state index contributed by atoms with van der Waals surface area (Å²) in [7, 11) is 1.65. The fourth-order valence-electron chi connectivity index (χ4n) is 2.32. The molecule has 3 rings (SSSR count). The van der Waals surface area contributed by atoms with Crippen LogP contribution in [0.2, 0.25) is 0 Å². The van der Waals surface area contributed by atoms with Crippen molar-refractivity contribution in [2.75, 3.05) is 20.2 Å². The van der Waals surface area contributed by atoms with Gasteiger partial charge in [-0.15, -0.1) is 12.4 Å². The lowest BCUT2D eigenvalue weighted by Gasteiger charge is -2.19. The smallest absolute Gasteiger partial charge is 0.257 e. The number of methoxy groups -OCH3 is 1. The van der Waals surface area contributed by atoms with Crippen molar-refractivity contribution >= 4 is 12.4 Å². The molecular weight excluding hydrogens is 278 g/mol. The quantitative estimate of drug-likeness (QED) is 0.943. The van der Waals surface area contributed by atoms with Crippen molar-refractivity contribution in [3.63, 3.8) is 0 Å². The molecule has 1 unspecified atom stereocenters. The van der Waals surface area contributed by atoms with Crippen LogP contribution >= 0.6 is 12.4 Å². The van der Waals surface area contributed by atoms with Gasteiger partial charge in [0, 0.05) is 18.0 Å². The second-order valence-corrected chi connectivity index (χ2v) is 4.73. The standard InChI is InChI=1S/C14H17N3O2.ClH/c1-18-12-6-4-10(5-7-12)14-16-13(17-19-14)11-3-2-8-15-9-11;/h4-7,11,15H,2-3,8-9H2,1H3;1H. The minimum Gasteiger partial charge on any atom is -0.497 e. The first-order valence-corrected chi connectivity index (χ1v) is 6.55. The summed E-state index contributed by atoms with van der Waals surface area (Å²) in [5, 5.41) is 7.46. The van der Waals surface area contributed by atoms with Crippen LogP contribution in [0.5, 0.6) is 5.75 Å². The van der Waals surface area contributed by atoms with Crippen LogP contribution in [0.15, 0.2) is 28.8 Å². The summed E-state index contributed by atoms with van der Waals surface area (Å²) >= 11 is 0. The normalized spacial score (nSPS) is 18.4. The molecule has 0 radical (unpaired) electrons. The SMILES string of the molecule is COc1ccc(-c2nc(C3CCCNC3)no2)cc1.Cl. The topological polar surface area (TPSA) is 60.2 Å². The third kappa shape index (κ3) is 3.11. The van der Waals surface area contributed by atoms with E-state index in [4.69, 9.17) is 9.26 Å². The van der Waals surface area contributed by atoms with Crippen LogP contribution in [0, 0.1) is 0 Å². The number of halogens is 1. The summed E-state index contributed by atoms with van der Waals surface area (Å²) < 4.78 is 10.5. The van der Waals surface area contributed by atoms with Gasteiger partial charge in [-0.3, -0.25) is 0 Å². The molecule has 0 aliphatic carbocycles. The minimum absolute atomic E-state index is 0. The van der Waals surface area contributed by atoms with Crippen molar-refractivity contribution in [3.8, 4) is 17.2 Å². The fraction of sp³-hybridized carbons (Fsp3) is 0.429. The molecule has 6 heteroatoms. The van der Waals surface area contributed by atoms with E-state index < -0.39 is 0 Å². The number of nitrogens with zero attached hydrogens (tertiary/aromatic N) is 2. The number of nitrogens with one attached hydrogen (secondary N) is 1. The Bertz CT molecular complexity index is 536. The molecule has 1 N–H and O–H groups in total. The Balaban J connectivity index is 0.00000147. The summed E-state index contributed by atoms with van der Waals surface area (Å²) in [5.41, 5.74) is 0.920. The molecule has 0 spiro atoms. The van der Waals surface area contributed by atoms with Crippen molar-refractivity contribution in [1.82, 2.24) is 15.5 Å². The fourth-order valence-corrected chi connectivity index (χ4v) is 2.32. The molecule has 108 valence electrons. The Morgan fingerprint density at radius 2 is 2.10 bits per heavy atom. The van der Waals surface area contributed by atoms with Crippen LogP contribution in [0.25, 0.3) is 11.5 Å². The summed E-state index contributed by atoms with van der Waals surface area (Å²) in [6, 6.07) is 7.63. The number of hydrogen-bond donors (Lipinski definition) is 1. The molecule has 20 heavy (non-hydrogen) atoms. The van der Waals surface area contributed by atoms with Gasteiger partial charge in [-0.25, -0.2) is 0 Å². The maximum Gasteiger partial charge on any atom is 0.257 e. The van der Waals surface area contributed by atoms with Crippen molar-refractivity contribution in [3.05, 3.63) is 30.1 Å². The first kappa shape index (κ1) is 14.8. The number of ether oxygens (including phenoxy) is 1. The lowest BCUT2D eigenvalue weighted by molar-refractivity contribution is 0.393. The number of hydrogen-bond acceptors (Lipinski definition) is 5. The molecule has 1 fully saturated rings. The average molecular weight is 296 g/mol. The van der Waals surface area contributed by atoms with Gasteiger partial charge in [0.25, 0.3) is 5.89 Å². The molecular formula is C14H18ClN3O2. The highest BCUT2D eigenvalue weighted by Gasteiger charge is 2.21. The Morgan fingerprint density at radius 3 is 2.75 bits per heavy atom. The van der Waals surface area contributed by atoms with Gasteiger partial charge in [0.1, 0.15) is 5.75 Å². The van der Waals surface area contributed by atoms with Crippen molar-refractivity contribution in [1.29, 1.82) is 0 Å². The van der Waals surface area contributed by atoms with Crippen LogP contribution < -0.4 is 10.1 Å². The van der Waals surface area contributed by atoms with Crippen LogP contribution in [-0.2, 0) is 0 Å². The Morgan fingerprint density at radius 1 is 1.30 bits per heavy atom. The maximum absolute atomic E-state index is 5.35. The number of rotatable bonds is 3. The minimum atomic E-state index is 0. The van der Waals surface area contributed by atoms with E-state index in [2.05, 4.69) is 15.5 Å². The summed E-state index contributed by atoms with van der Waals surface area (Å²) in [6.07, 6.45) is 2.28. The molecule has 0 amide bonds. The van der Waals surface area contributed by atoms with Gasteiger partial charge in [-0.05, 0) is 43.7 Å². The van der Waals surface area contributed by atoms with Crippen molar-refractivity contribution in [2.45, 2.75) is 18.8 Å². The van der Waals surface area contributed by atoms with E-state index in [1.54, 1.807) is 7.11 Å². The zero-order chi connectivity index (χ0) is 13.1. The largest absolute Gasteiger partial charge is 0.497 e. The van der Waals surface area contributed by atoms with Crippen LogP contribution in [0.1, 0.15) is 24.6 Å². The molecule has 0 bridgehead atoms. The van der Waals surface area contributed by atoms with E-state index in [1.807, 2.05) is 24.3 Å². The average Bonchev–Trinajstić information content (AvgIpc) is 2.98. The Hall–Kier alpha value is -1.59. The van der Waals surface area contributed by atoms with Gasteiger partial charge in [-0.1, -0.05) is 5.16 Å². The van der Waals surface area contributed by atoms with Crippen LogP contribution in [0.4, 0.5) is 0 Å². The highest BCUT2D eigenvalue weighted by Crippen LogP contribution is 2.25. The van der Waals surface area contributed by atoms with Gasteiger partial charge in [0.15, 0.2) is 5.82 Å². The first-order chi connectivity index (χ1) is 9.36. The summed E-state index contributed by atoms with van der Waals surface area (Å²) in [6.45, 7) is 2.02. The molecule has 1 saturated heterocycles.